The molecule has 1 saturated heterocycles. The van der Waals surface area contributed by atoms with Gasteiger partial charge in [0.15, 0.2) is 0 Å². The lowest BCUT2D eigenvalue weighted by Gasteiger charge is -2.32. The van der Waals surface area contributed by atoms with Crippen LogP contribution in [0.25, 0.3) is 0 Å². The van der Waals surface area contributed by atoms with Crippen LogP contribution in [-0.2, 0) is 16.1 Å². The van der Waals surface area contributed by atoms with Crippen LogP contribution in [0.2, 0.25) is 0 Å². The maximum Gasteiger partial charge on any atom is 0.256 e. The SMILES string of the molecule is CC[C@@H](C)[C@H](NC(=O)[C@@H]1N2C(=O)c3ccccc3[C@H]2SC1(C)C)C(=O)NCc1cccc(OC)c1. The third-order valence-corrected chi connectivity index (χ3v) is 8.47. The summed E-state index contributed by atoms with van der Waals surface area (Å²) in [4.78, 5) is 41.8. The minimum Gasteiger partial charge on any atom is -0.497 e. The van der Waals surface area contributed by atoms with Gasteiger partial charge >= 0.3 is 0 Å². The van der Waals surface area contributed by atoms with Crippen LogP contribution in [0.4, 0.5) is 0 Å². The molecule has 2 aromatic carbocycles. The van der Waals surface area contributed by atoms with Crippen molar-refractivity contribution >= 4 is 29.5 Å². The molecule has 4 rings (SSSR count). The zero-order valence-electron chi connectivity index (χ0n) is 20.8. The Labute approximate surface area is 211 Å². The van der Waals surface area contributed by atoms with Crippen LogP contribution in [0.15, 0.2) is 48.5 Å². The molecule has 0 spiro atoms. The van der Waals surface area contributed by atoms with Gasteiger partial charge in [-0.15, -0.1) is 11.8 Å². The van der Waals surface area contributed by atoms with Gasteiger partial charge in [0, 0.05) is 16.9 Å². The quantitative estimate of drug-likeness (QED) is 0.580. The van der Waals surface area contributed by atoms with Crippen molar-refractivity contribution in [3.8, 4) is 5.75 Å². The first-order valence-electron chi connectivity index (χ1n) is 12.0. The van der Waals surface area contributed by atoms with Crippen molar-refractivity contribution in [3.63, 3.8) is 0 Å². The zero-order valence-corrected chi connectivity index (χ0v) is 21.6. The minimum absolute atomic E-state index is 0.0799. The lowest BCUT2D eigenvalue weighted by atomic mass is 9.95. The molecule has 2 aliphatic rings. The number of rotatable bonds is 8. The van der Waals surface area contributed by atoms with Crippen molar-refractivity contribution in [2.24, 2.45) is 5.92 Å². The van der Waals surface area contributed by atoms with Gasteiger partial charge in [0.1, 0.15) is 23.2 Å². The van der Waals surface area contributed by atoms with Crippen LogP contribution < -0.4 is 15.4 Å². The first kappa shape index (κ1) is 25.1. The molecular formula is C27H33N3O4S. The number of nitrogens with one attached hydrogen (secondary N) is 2. The fraction of sp³-hybridized carbons (Fsp3) is 0.444. The predicted molar refractivity (Wildman–Crippen MR) is 137 cm³/mol. The Morgan fingerprint density at radius 1 is 1.17 bits per heavy atom. The van der Waals surface area contributed by atoms with Crippen molar-refractivity contribution in [2.75, 3.05) is 7.11 Å². The molecule has 8 heteroatoms. The van der Waals surface area contributed by atoms with E-state index in [4.69, 9.17) is 4.74 Å². The predicted octanol–water partition coefficient (Wildman–Crippen LogP) is 3.89. The lowest BCUT2D eigenvalue weighted by Crippen LogP contribution is -2.58. The minimum atomic E-state index is -0.710. The van der Waals surface area contributed by atoms with Crippen molar-refractivity contribution < 1.29 is 19.1 Å². The molecule has 7 nitrogen and oxygen atoms in total. The van der Waals surface area contributed by atoms with E-state index in [1.165, 1.54) is 0 Å². The van der Waals surface area contributed by atoms with E-state index in [9.17, 15) is 14.4 Å². The first-order valence-corrected chi connectivity index (χ1v) is 12.9. The molecule has 0 saturated carbocycles. The zero-order chi connectivity index (χ0) is 25.3. The number of ether oxygens (including phenoxy) is 1. The Hall–Kier alpha value is -3.00. The number of thioether (sulfide) groups is 1. The Balaban J connectivity index is 1.51. The standard InChI is InChI=1S/C27H33N3O4S/c1-6-16(2)21(23(31)28-15-17-10-9-11-18(14-17)34-5)29-24(32)22-27(3,4)35-26-20-13-8-7-12-19(20)25(33)30(22)26/h7-14,16,21-22,26H,6,15H2,1-5H3,(H,28,31)(H,29,32)/t16-,21+,22+,26-/m1/s1. The Morgan fingerprint density at radius 3 is 2.63 bits per heavy atom. The molecule has 186 valence electrons. The Bertz CT molecular complexity index is 1130. The van der Waals surface area contributed by atoms with Crippen LogP contribution in [0, 0.1) is 5.92 Å². The van der Waals surface area contributed by atoms with E-state index in [1.54, 1.807) is 23.8 Å². The highest BCUT2D eigenvalue weighted by molar-refractivity contribution is 8.01. The molecule has 1 fully saturated rings. The van der Waals surface area contributed by atoms with Gasteiger partial charge in [0.2, 0.25) is 11.8 Å². The van der Waals surface area contributed by atoms with Crippen LogP contribution >= 0.6 is 11.8 Å². The molecule has 3 amide bonds. The number of fused-ring (bicyclic) bond motifs is 3. The summed E-state index contributed by atoms with van der Waals surface area (Å²) in [5, 5.41) is 5.76. The number of amides is 3. The molecule has 0 aliphatic carbocycles. The third kappa shape index (κ3) is 4.76. The second-order valence-corrected chi connectivity index (χ2v) is 11.5. The number of benzene rings is 2. The molecule has 0 aromatic heterocycles. The molecule has 0 radical (unpaired) electrons. The highest BCUT2D eigenvalue weighted by Gasteiger charge is 2.57. The van der Waals surface area contributed by atoms with Crippen LogP contribution in [0.5, 0.6) is 5.75 Å². The summed E-state index contributed by atoms with van der Waals surface area (Å²) in [5.41, 5.74) is 2.50. The summed E-state index contributed by atoms with van der Waals surface area (Å²) >= 11 is 1.61. The molecule has 0 unspecified atom stereocenters. The van der Waals surface area contributed by atoms with Gasteiger partial charge in [-0.25, -0.2) is 0 Å². The number of hydrogen-bond donors (Lipinski definition) is 2. The Morgan fingerprint density at radius 2 is 1.91 bits per heavy atom. The van der Waals surface area contributed by atoms with Gasteiger partial charge < -0.3 is 20.3 Å². The largest absolute Gasteiger partial charge is 0.497 e. The van der Waals surface area contributed by atoms with E-state index in [0.717, 1.165) is 23.3 Å². The lowest BCUT2D eigenvalue weighted by molar-refractivity contribution is -0.133. The fourth-order valence-corrected chi connectivity index (χ4v) is 6.41. The summed E-state index contributed by atoms with van der Waals surface area (Å²) in [6.07, 6.45) is 0.719. The second kappa shape index (κ2) is 9.93. The highest BCUT2D eigenvalue weighted by atomic mass is 32.2. The molecule has 2 aromatic rings. The number of carbonyl (C=O) groups excluding carboxylic acids is 3. The molecule has 0 bridgehead atoms. The second-order valence-electron chi connectivity index (χ2n) is 9.72. The molecule has 2 N–H and O–H groups in total. The van der Waals surface area contributed by atoms with E-state index < -0.39 is 16.8 Å². The average Bonchev–Trinajstić information content (AvgIpc) is 3.29. The normalized spacial score (nSPS) is 21.6. The maximum absolute atomic E-state index is 13.7. The van der Waals surface area contributed by atoms with Gasteiger partial charge in [-0.3, -0.25) is 14.4 Å². The number of methoxy groups -OCH3 is 1. The van der Waals surface area contributed by atoms with E-state index in [-0.39, 0.29) is 29.0 Å². The van der Waals surface area contributed by atoms with Gasteiger partial charge in [-0.2, -0.15) is 0 Å². The molecule has 35 heavy (non-hydrogen) atoms. The monoisotopic (exact) mass is 495 g/mol. The van der Waals surface area contributed by atoms with Crippen molar-refractivity contribution in [1.29, 1.82) is 0 Å². The van der Waals surface area contributed by atoms with E-state index >= 15 is 0 Å². The first-order chi connectivity index (χ1) is 16.7. The van der Waals surface area contributed by atoms with Crippen LogP contribution in [-0.4, -0.2) is 46.6 Å². The molecule has 2 heterocycles. The van der Waals surface area contributed by atoms with Crippen molar-refractivity contribution in [3.05, 3.63) is 65.2 Å². The van der Waals surface area contributed by atoms with Gasteiger partial charge in [0.05, 0.1) is 7.11 Å². The number of carbonyl (C=O) groups is 3. The van der Waals surface area contributed by atoms with Crippen molar-refractivity contribution in [2.45, 2.75) is 62.9 Å². The summed E-state index contributed by atoms with van der Waals surface area (Å²) < 4.78 is 4.75. The van der Waals surface area contributed by atoms with Gasteiger partial charge in [-0.05, 0) is 49.1 Å². The van der Waals surface area contributed by atoms with Crippen LogP contribution in [0.3, 0.4) is 0 Å². The maximum atomic E-state index is 13.7. The Kier molecular flexibility index (Phi) is 7.12. The van der Waals surface area contributed by atoms with E-state index in [1.807, 2.05) is 76.2 Å². The summed E-state index contributed by atoms with van der Waals surface area (Å²) in [7, 11) is 1.60. The molecular weight excluding hydrogens is 462 g/mol. The van der Waals surface area contributed by atoms with Crippen molar-refractivity contribution in [1.82, 2.24) is 15.5 Å². The summed E-state index contributed by atoms with van der Waals surface area (Å²) in [6, 6.07) is 13.6. The number of nitrogens with zero attached hydrogens (tertiary/aromatic N) is 1. The molecule has 2 aliphatic heterocycles. The van der Waals surface area contributed by atoms with Gasteiger partial charge in [-0.1, -0.05) is 50.6 Å². The van der Waals surface area contributed by atoms with E-state index in [0.29, 0.717) is 12.1 Å². The van der Waals surface area contributed by atoms with E-state index in [2.05, 4.69) is 10.6 Å². The summed E-state index contributed by atoms with van der Waals surface area (Å²) in [5.74, 6) is -0.0371. The van der Waals surface area contributed by atoms with Gasteiger partial charge in [0.25, 0.3) is 5.91 Å². The topological polar surface area (TPSA) is 87.7 Å². The summed E-state index contributed by atoms with van der Waals surface area (Å²) in [6.45, 7) is 8.23. The molecule has 4 atom stereocenters. The smallest absolute Gasteiger partial charge is 0.256 e. The third-order valence-electron chi connectivity index (χ3n) is 6.94. The highest BCUT2D eigenvalue weighted by Crippen LogP contribution is 2.56. The fourth-order valence-electron chi connectivity index (χ4n) is 4.82. The average molecular weight is 496 g/mol. The van der Waals surface area contributed by atoms with Crippen LogP contribution in [0.1, 0.15) is 61.0 Å². The number of hydrogen-bond acceptors (Lipinski definition) is 5.